The molecule has 1 heterocycles. The van der Waals surface area contributed by atoms with Crippen LogP contribution in [0.15, 0.2) is 18.2 Å². The molecule has 0 aliphatic carbocycles. The Kier molecular flexibility index (Phi) is 4.55. The van der Waals surface area contributed by atoms with Crippen molar-refractivity contribution in [2.24, 2.45) is 5.92 Å². The van der Waals surface area contributed by atoms with Crippen molar-refractivity contribution in [2.75, 3.05) is 31.6 Å². The van der Waals surface area contributed by atoms with E-state index in [2.05, 4.69) is 10.2 Å². The molecule has 1 aromatic carbocycles. The maximum Gasteiger partial charge on any atom is 0.123 e. The van der Waals surface area contributed by atoms with Gasteiger partial charge < -0.3 is 15.3 Å². The van der Waals surface area contributed by atoms with Crippen molar-refractivity contribution >= 4 is 5.69 Å². The zero-order valence-corrected chi connectivity index (χ0v) is 10.8. The molecule has 0 radical (unpaired) electrons. The van der Waals surface area contributed by atoms with E-state index in [1.807, 2.05) is 13.1 Å². The largest absolute Gasteiger partial charge is 0.396 e. The molecule has 2 rings (SSSR count). The van der Waals surface area contributed by atoms with Gasteiger partial charge in [-0.15, -0.1) is 0 Å². The third-order valence-corrected chi connectivity index (χ3v) is 3.57. The van der Waals surface area contributed by atoms with Crippen molar-refractivity contribution in [1.82, 2.24) is 5.32 Å². The first-order chi connectivity index (χ1) is 8.74. The molecule has 18 heavy (non-hydrogen) atoms. The molecule has 2 N–H and O–H groups in total. The fourth-order valence-corrected chi connectivity index (χ4v) is 2.66. The van der Waals surface area contributed by atoms with Crippen LogP contribution in [0, 0.1) is 11.7 Å². The standard InChI is InChI=1S/C14H21FN2O/c1-16-9-12-8-13(15)2-3-14(12)17-6-4-11(10-17)5-7-18/h2-3,8,11,16,18H,4-7,9-10H2,1H3. The summed E-state index contributed by atoms with van der Waals surface area (Å²) in [5.41, 5.74) is 2.12. The average Bonchev–Trinajstić information content (AvgIpc) is 2.79. The smallest absolute Gasteiger partial charge is 0.123 e. The van der Waals surface area contributed by atoms with Crippen molar-refractivity contribution in [3.05, 3.63) is 29.6 Å². The molecule has 1 unspecified atom stereocenters. The van der Waals surface area contributed by atoms with Gasteiger partial charge in [-0.25, -0.2) is 4.39 Å². The number of anilines is 1. The van der Waals surface area contributed by atoms with Gasteiger partial charge in [0.25, 0.3) is 0 Å². The van der Waals surface area contributed by atoms with Crippen LogP contribution in [0.3, 0.4) is 0 Å². The van der Waals surface area contributed by atoms with E-state index in [-0.39, 0.29) is 12.4 Å². The van der Waals surface area contributed by atoms with Gasteiger partial charge in [0.2, 0.25) is 0 Å². The molecule has 3 nitrogen and oxygen atoms in total. The Hall–Kier alpha value is -1.13. The van der Waals surface area contributed by atoms with Crippen LogP contribution < -0.4 is 10.2 Å². The van der Waals surface area contributed by atoms with Crippen LogP contribution in [0.25, 0.3) is 0 Å². The third-order valence-electron chi connectivity index (χ3n) is 3.57. The number of hydrogen-bond donors (Lipinski definition) is 2. The lowest BCUT2D eigenvalue weighted by Crippen LogP contribution is -2.22. The predicted molar refractivity (Wildman–Crippen MR) is 71.2 cm³/mol. The van der Waals surface area contributed by atoms with Crippen LogP contribution in [0.1, 0.15) is 18.4 Å². The van der Waals surface area contributed by atoms with Gasteiger partial charge in [-0.3, -0.25) is 0 Å². The van der Waals surface area contributed by atoms with Crippen LogP contribution in [-0.4, -0.2) is 31.9 Å². The van der Waals surface area contributed by atoms with E-state index in [1.165, 1.54) is 6.07 Å². The van der Waals surface area contributed by atoms with Crippen molar-refractivity contribution < 1.29 is 9.50 Å². The van der Waals surface area contributed by atoms with Gasteiger partial charge in [0.1, 0.15) is 5.82 Å². The van der Waals surface area contributed by atoms with E-state index < -0.39 is 0 Å². The number of nitrogens with zero attached hydrogens (tertiary/aromatic N) is 1. The summed E-state index contributed by atoms with van der Waals surface area (Å²) in [6, 6.07) is 4.99. The highest BCUT2D eigenvalue weighted by molar-refractivity contribution is 5.54. The SMILES string of the molecule is CNCc1cc(F)ccc1N1CCC(CCO)C1. The lowest BCUT2D eigenvalue weighted by Gasteiger charge is -2.22. The van der Waals surface area contributed by atoms with Crippen LogP contribution in [0.2, 0.25) is 0 Å². The number of aliphatic hydroxyl groups is 1. The average molecular weight is 252 g/mol. The number of halogens is 1. The third kappa shape index (κ3) is 3.00. The van der Waals surface area contributed by atoms with Crippen LogP contribution >= 0.6 is 0 Å². The summed E-state index contributed by atoms with van der Waals surface area (Å²) in [7, 11) is 1.87. The molecule has 0 saturated carbocycles. The Labute approximate surface area is 108 Å². The first-order valence-corrected chi connectivity index (χ1v) is 6.53. The molecule has 1 aliphatic rings. The molecule has 1 fully saturated rings. The van der Waals surface area contributed by atoms with Crippen molar-refractivity contribution in [3.63, 3.8) is 0 Å². The van der Waals surface area contributed by atoms with Crippen LogP contribution in [0.5, 0.6) is 0 Å². The normalized spacial score (nSPS) is 19.5. The lowest BCUT2D eigenvalue weighted by molar-refractivity contribution is 0.263. The number of nitrogens with one attached hydrogen (secondary N) is 1. The van der Waals surface area contributed by atoms with Crippen LogP contribution in [-0.2, 0) is 6.54 Å². The van der Waals surface area contributed by atoms with Gasteiger partial charge in [0, 0.05) is 31.9 Å². The predicted octanol–water partition coefficient (Wildman–Crippen LogP) is 1.75. The fraction of sp³-hybridized carbons (Fsp3) is 0.571. The number of benzene rings is 1. The Morgan fingerprint density at radius 1 is 1.50 bits per heavy atom. The molecular formula is C14H21FN2O. The minimum Gasteiger partial charge on any atom is -0.396 e. The molecule has 100 valence electrons. The van der Waals surface area contributed by atoms with E-state index in [0.717, 1.165) is 37.2 Å². The van der Waals surface area contributed by atoms with Crippen molar-refractivity contribution in [2.45, 2.75) is 19.4 Å². The maximum absolute atomic E-state index is 13.3. The van der Waals surface area contributed by atoms with Crippen molar-refractivity contribution in [1.29, 1.82) is 0 Å². The van der Waals surface area contributed by atoms with Gasteiger partial charge in [-0.2, -0.15) is 0 Å². The number of hydrogen-bond acceptors (Lipinski definition) is 3. The Morgan fingerprint density at radius 2 is 2.33 bits per heavy atom. The van der Waals surface area contributed by atoms with Gasteiger partial charge in [0.05, 0.1) is 0 Å². The number of rotatable bonds is 5. The molecule has 1 atom stereocenters. The van der Waals surface area contributed by atoms with E-state index >= 15 is 0 Å². The molecule has 1 saturated heterocycles. The highest BCUT2D eigenvalue weighted by Crippen LogP contribution is 2.28. The zero-order chi connectivity index (χ0) is 13.0. The minimum absolute atomic E-state index is 0.185. The molecule has 0 spiro atoms. The summed E-state index contributed by atoms with van der Waals surface area (Å²) in [4.78, 5) is 2.30. The second kappa shape index (κ2) is 6.16. The Bertz CT molecular complexity index is 397. The molecule has 0 bridgehead atoms. The minimum atomic E-state index is -0.185. The van der Waals surface area contributed by atoms with Gasteiger partial charge in [0.15, 0.2) is 0 Å². The molecule has 4 heteroatoms. The van der Waals surface area contributed by atoms with Gasteiger partial charge >= 0.3 is 0 Å². The highest BCUT2D eigenvalue weighted by Gasteiger charge is 2.23. The summed E-state index contributed by atoms with van der Waals surface area (Å²) < 4.78 is 13.3. The molecular weight excluding hydrogens is 231 g/mol. The lowest BCUT2D eigenvalue weighted by atomic mass is 10.1. The second-order valence-corrected chi connectivity index (χ2v) is 4.92. The monoisotopic (exact) mass is 252 g/mol. The van der Waals surface area contributed by atoms with E-state index in [1.54, 1.807) is 6.07 Å². The maximum atomic E-state index is 13.3. The summed E-state index contributed by atoms with van der Waals surface area (Å²) in [6.07, 6.45) is 1.97. The summed E-state index contributed by atoms with van der Waals surface area (Å²) in [5.74, 6) is 0.373. The fourth-order valence-electron chi connectivity index (χ4n) is 2.66. The number of aliphatic hydroxyl groups excluding tert-OH is 1. The van der Waals surface area contributed by atoms with Crippen molar-refractivity contribution in [3.8, 4) is 0 Å². The first-order valence-electron chi connectivity index (χ1n) is 6.53. The molecule has 1 aliphatic heterocycles. The molecule has 0 amide bonds. The topological polar surface area (TPSA) is 35.5 Å². The van der Waals surface area contributed by atoms with E-state index in [9.17, 15) is 4.39 Å². The molecule has 1 aromatic rings. The first kappa shape index (κ1) is 13.3. The molecule has 0 aromatic heterocycles. The quantitative estimate of drug-likeness (QED) is 0.838. The zero-order valence-electron chi connectivity index (χ0n) is 10.8. The summed E-state index contributed by atoms with van der Waals surface area (Å²) in [6.45, 7) is 2.88. The second-order valence-electron chi connectivity index (χ2n) is 4.92. The summed E-state index contributed by atoms with van der Waals surface area (Å²) >= 11 is 0. The Morgan fingerprint density at radius 3 is 3.06 bits per heavy atom. The Balaban J connectivity index is 2.13. The highest BCUT2D eigenvalue weighted by atomic mass is 19.1. The summed E-state index contributed by atoms with van der Waals surface area (Å²) in [5, 5.41) is 12.1. The van der Waals surface area contributed by atoms with E-state index in [4.69, 9.17) is 5.11 Å². The van der Waals surface area contributed by atoms with Gasteiger partial charge in [-0.1, -0.05) is 0 Å². The van der Waals surface area contributed by atoms with Crippen LogP contribution in [0.4, 0.5) is 10.1 Å². The van der Waals surface area contributed by atoms with E-state index in [0.29, 0.717) is 12.5 Å². The van der Waals surface area contributed by atoms with Gasteiger partial charge in [-0.05, 0) is 49.6 Å².